The molecular weight excluding hydrogens is 347 g/mol. The van der Waals surface area contributed by atoms with Crippen LogP contribution in [0, 0.1) is 0 Å². The van der Waals surface area contributed by atoms with Gasteiger partial charge in [-0.25, -0.2) is 0 Å². The third kappa shape index (κ3) is 4.04. The first-order valence-electron chi connectivity index (χ1n) is 8.36. The zero-order chi connectivity index (χ0) is 18.7. The van der Waals surface area contributed by atoms with E-state index < -0.39 is 11.9 Å². The fourth-order valence-electron chi connectivity index (χ4n) is 3.21. The van der Waals surface area contributed by atoms with Gasteiger partial charge in [0.15, 0.2) is 0 Å². The van der Waals surface area contributed by atoms with Crippen LogP contribution < -0.4 is 0 Å². The van der Waals surface area contributed by atoms with Crippen molar-refractivity contribution >= 4 is 5.91 Å². The molecule has 1 aliphatic heterocycles. The van der Waals surface area contributed by atoms with Crippen molar-refractivity contribution in [3.8, 4) is 0 Å². The first-order valence-corrected chi connectivity index (χ1v) is 8.36. The fourth-order valence-corrected chi connectivity index (χ4v) is 3.21. The Bertz CT molecular complexity index is 760. The van der Waals surface area contributed by atoms with Gasteiger partial charge in [-0.05, 0) is 18.6 Å². The second-order valence-electron chi connectivity index (χ2n) is 6.30. The minimum atomic E-state index is -4.43. The molecule has 0 atom stereocenters. The smallest absolute Gasteiger partial charge is 0.337 e. The number of alkyl halides is 3. The molecule has 0 aromatic carbocycles. The Balaban J connectivity index is 1.66. The minimum Gasteiger partial charge on any atom is -0.337 e. The highest BCUT2D eigenvalue weighted by Gasteiger charge is 2.37. The van der Waals surface area contributed by atoms with Crippen molar-refractivity contribution in [2.75, 3.05) is 26.2 Å². The predicted molar refractivity (Wildman–Crippen MR) is 88.2 cm³/mol. The van der Waals surface area contributed by atoms with Gasteiger partial charge >= 0.3 is 6.18 Å². The summed E-state index contributed by atoms with van der Waals surface area (Å²) in [6, 6.07) is 3.33. The number of pyridine rings is 1. The second-order valence-corrected chi connectivity index (χ2v) is 6.30. The molecule has 0 spiro atoms. The molecule has 1 fully saturated rings. The van der Waals surface area contributed by atoms with E-state index in [1.54, 1.807) is 29.4 Å². The normalized spacial score (nSPS) is 16.5. The highest BCUT2D eigenvalue weighted by Crippen LogP contribution is 2.32. The SMILES string of the molecule is Cn1ncc(CN2CCCN(C(=O)c3ccncc3)CC2)c1C(F)(F)F. The van der Waals surface area contributed by atoms with Crippen LogP contribution in [0.3, 0.4) is 0 Å². The van der Waals surface area contributed by atoms with Gasteiger partial charge in [0, 0.05) is 63.3 Å². The maximum absolute atomic E-state index is 13.2. The number of aryl methyl sites for hydroxylation is 1. The van der Waals surface area contributed by atoms with E-state index in [1.807, 2.05) is 4.90 Å². The number of hydrogen-bond acceptors (Lipinski definition) is 4. The number of halogens is 3. The lowest BCUT2D eigenvalue weighted by atomic mass is 10.2. The van der Waals surface area contributed by atoms with Crippen LogP contribution in [0.25, 0.3) is 0 Å². The average molecular weight is 367 g/mol. The molecule has 0 bridgehead atoms. The van der Waals surface area contributed by atoms with E-state index >= 15 is 0 Å². The number of nitrogens with zero attached hydrogens (tertiary/aromatic N) is 5. The molecule has 0 N–H and O–H groups in total. The Morgan fingerprint density at radius 1 is 1.15 bits per heavy atom. The number of rotatable bonds is 3. The Morgan fingerprint density at radius 2 is 1.88 bits per heavy atom. The fraction of sp³-hybridized carbons (Fsp3) is 0.471. The molecule has 0 radical (unpaired) electrons. The summed E-state index contributed by atoms with van der Waals surface area (Å²) in [6.45, 7) is 2.37. The molecule has 9 heteroatoms. The molecular formula is C17H20F3N5O. The lowest BCUT2D eigenvalue weighted by Crippen LogP contribution is -2.35. The Morgan fingerprint density at radius 3 is 2.58 bits per heavy atom. The summed E-state index contributed by atoms with van der Waals surface area (Å²) < 4.78 is 40.5. The lowest BCUT2D eigenvalue weighted by molar-refractivity contribution is -0.144. The van der Waals surface area contributed by atoms with Crippen LogP contribution in [0.5, 0.6) is 0 Å². The van der Waals surface area contributed by atoms with Crippen LogP contribution in [0.15, 0.2) is 30.7 Å². The molecule has 1 aliphatic rings. The zero-order valence-corrected chi connectivity index (χ0v) is 14.4. The van der Waals surface area contributed by atoms with Crippen molar-refractivity contribution in [1.29, 1.82) is 0 Å². The van der Waals surface area contributed by atoms with E-state index in [2.05, 4.69) is 10.1 Å². The van der Waals surface area contributed by atoms with Crippen LogP contribution in [0.4, 0.5) is 13.2 Å². The van der Waals surface area contributed by atoms with E-state index in [0.717, 1.165) is 4.68 Å². The Labute approximate surface area is 149 Å². The second kappa shape index (κ2) is 7.45. The van der Waals surface area contributed by atoms with Crippen LogP contribution in [0.2, 0.25) is 0 Å². The third-order valence-corrected chi connectivity index (χ3v) is 4.48. The van der Waals surface area contributed by atoms with E-state index in [0.29, 0.717) is 38.2 Å². The number of carbonyl (C=O) groups is 1. The first kappa shape index (κ1) is 18.4. The van der Waals surface area contributed by atoms with Gasteiger partial charge in [0.2, 0.25) is 0 Å². The molecule has 2 aromatic heterocycles. The van der Waals surface area contributed by atoms with Gasteiger partial charge in [0.1, 0.15) is 5.69 Å². The molecule has 3 heterocycles. The predicted octanol–water partition coefficient (Wildman–Crippen LogP) is 2.18. The monoisotopic (exact) mass is 367 g/mol. The quantitative estimate of drug-likeness (QED) is 0.835. The third-order valence-electron chi connectivity index (χ3n) is 4.48. The summed E-state index contributed by atoms with van der Waals surface area (Å²) in [7, 11) is 1.30. The van der Waals surface area contributed by atoms with Crippen LogP contribution in [0.1, 0.15) is 28.0 Å². The van der Waals surface area contributed by atoms with Gasteiger partial charge in [-0.3, -0.25) is 19.4 Å². The van der Waals surface area contributed by atoms with E-state index in [1.165, 1.54) is 13.2 Å². The van der Waals surface area contributed by atoms with Gasteiger partial charge in [-0.15, -0.1) is 0 Å². The summed E-state index contributed by atoms with van der Waals surface area (Å²) >= 11 is 0. The van der Waals surface area contributed by atoms with Crippen molar-refractivity contribution < 1.29 is 18.0 Å². The van der Waals surface area contributed by atoms with Crippen molar-refractivity contribution in [2.24, 2.45) is 7.05 Å². The standard InChI is InChI=1S/C17H20F3N5O/c1-23-15(17(18,19)20)14(11-22-23)12-24-7-2-8-25(10-9-24)16(26)13-3-5-21-6-4-13/h3-6,11H,2,7-10,12H2,1H3. The molecule has 0 unspecified atom stereocenters. The first-order chi connectivity index (χ1) is 12.4. The minimum absolute atomic E-state index is 0.0772. The van der Waals surface area contributed by atoms with Crippen LogP contribution in [-0.4, -0.2) is 56.7 Å². The van der Waals surface area contributed by atoms with Crippen molar-refractivity contribution in [2.45, 2.75) is 19.1 Å². The maximum Gasteiger partial charge on any atom is 0.433 e. The molecule has 0 saturated carbocycles. The van der Waals surface area contributed by atoms with Gasteiger partial charge in [-0.2, -0.15) is 18.3 Å². The van der Waals surface area contributed by atoms with Crippen LogP contribution >= 0.6 is 0 Å². The number of aromatic nitrogens is 3. The summed E-state index contributed by atoms with van der Waals surface area (Å²) in [4.78, 5) is 20.1. The average Bonchev–Trinajstić information content (AvgIpc) is 2.83. The number of amides is 1. The highest BCUT2D eigenvalue weighted by molar-refractivity contribution is 5.94. The van der Waals surface area contributed by atoms with Gasteiger partial charge in [0.05, 0.1) is 6.20 Å². The largest absolute Gasteiger partial charge is 0.433 e. The summed E-state index contributed by atoms with van der Waals surface area (Å²) in [6.07, 6.45) is 0.679. The summed E-state index contributed by atoms with van der Waals surface area (Å²) in [5.41, 5.74) is 0.0143. The summed E-state index contributed by atoms with van der Waals surface area (Å²) in [5.74, 6) is -0.0772. The van der Waals surface area contributed by atoms with Crippen molar-refractivity contribution in [1.82, 2.24) is 24.6 Å². The van der Waals surface area contributed by atoms with Crippen molar-refractivity contribution in [3.63, 3.8) is 0 Å². The molecule has 26 heavy (non-hydrogen) atoms. The zero-order valence-electron chi connectivity index (χ0n) is 14.4. The van der Waals surface area contributed by atoms with Gasteiger partial charge in [-0.1, -0.05) is 0 Å². The molecule has 140 valence electrons. The molecule has 3 rings (SSSR count). The lowest BCUT2D eigenvalue weighted by Gasteiger charge is -2.22. The molecule has 2 aromatic rings. The van der Waals surface area contributed by atoms with E-state index in [-0.39, 0.29) is 18.0 Å². The Hall–Kier alpha value is -2.42. The Kier molecular flexibility index (Phi) is 5.26. The molecule has 0 aliphatic carbocycles. The highest BCUT2D eigenvalue weighted by atomic mass is 19.4. The molecule has 1 amide bonds. The van der Waals surface area contributed by atoms with E-state index in [4.69, 9.17) is 0 Å². The van der Waals surface area contributed by atoms with Crippen LogP contribution in [-0.2, 0) is 19.8 Å². The van der Waals surface area contributed by atoms with Gasteiger partial charge in [0.25, 0.3) is 5.91 Å². The van der Waals surface area contributed by atoms with Crippen molar-refractivity contribution in [3.05, 3.63) is 47.5 Å². The number of hydrogen-bond donors (Lipinski definition) is 0. The topological polar surface area (TPSA) is 54.3 Å². The summed E-state index contributed by atoms with van der Waals surface area (Å²) in [5, 5.41) is 3.75. The van der Waals surface area contributed by atoms with Gasteiger partial charge < -0.3 is 4.90 Å². The maximum atomic E-state index is 13.2. The van der Waals surface area contributed by atoms with E-state index in [9.17, 15) is 18.0 Å². The number of carbonyl (C=O) groups excluding carboxylic acids is 1. The molecule has 1 saturated heterocycles. The molecule has 6 nitrogen and oxygen atoms in total.